The molecule has 0 aromatic carbocycles. The Morgan fingerprint density at radius 2 is 1.95 bits per heavy atom. The number of nitrogens with one attached hydrogen (secondary N) is 1. The Balaban J connectivity index is 1.77. The third-order valence-electron chi connectivity index (χ3n) is 5.12. The van der Waals surface area contributed by atoms with Crippen molar-refractivity contribution in [1.29, 1.82) is 0 Å². The topological polar surface area (TPSA) is 49.4 Å². The lowest BCUT2D eigenvalue weighted by Crippen LogP contribution is -2.58. The van der Waals surface area contributed by atoms with Gasteiger partial charge in [0.2, 0.25) is 11.8 Å². The molecule has 106 valence electrons. The van der Waals surface area contributed by atoms with Crippen LogP contribution in [0, 0.1) is 11.8 Å². The van der Waals surface area contributed by atoms with Gasteiger partial charge < -0.3 is 10.2 Å². The zero-order valence-electron chi connectivity index (χ0n) is 11.8. The number of nitrogens with zero attached hydrogens (tertiary/aromatic N) is 1. The second kappa shape index (κ2) is 4.80. The van der Waals surface area contributed by atoms with E-state index in [9.17, 15) is 9.59 Å². The van der Waals surface area contributed by atoms with Crippen LogP contribution in [-0.4, -0.2) is 35.3 Å². The average molecular weight is 264 g/mol. The molecule has 3 rings (SSSR count). The van der Waals surface area contributed by atoms with Gasteiger partial charge in [0.15, 0.2) is 0 Å². The monoisotopic (exact) mass is 264 g/mol. The van der Waals surface area contributed by atoms with E-state index >= 15 is 0 Å². The second-order valence-corrected chi connectivity index (χ2v) is 6.67. The molecule has 3 fully saturated rings. The minimum atomic E-state index is -0.566. The van der Waals surface area contributed by atoms with Gasteiger partial charge in [0.25, 0.3) is 0 Å². The highest BCUT2D eigenvalue weighted by Crippen LogP contribution is 2.39. The van der Waals surface area contributed by atoms with Crippen molar-refractivity contribution in [1.82, 2.24) is 10.2 Å². The fourth-order valence-corrected chi connectivity index (χ4v) is 3.63. The lowest BCUT2D eigenvalue weighted by molar-refractivity contribution is -0.140. The maximum atomic E-state index is 12.8. The zero-order valence-corrected chi connectivity index (χ0v) is 11.8. The highest BCUT2D eigenvalue weighted by atomic mass is 16.2. The first-order valence-electron chi connectivity index (χ1n) is 7.71. The Morgan fingerprint density at radius 1 is 1.26 bits per heavy atom. The van der Waals surface area contributed by atoms with E-state index in [-0.39, 0.29) is 11.8 Å². The van der Waals surface area contributed by atoms with Crippen LogP contribution < -0.4 is 5.32 Å². The standard InChI is InChI=1S/C15H24N2O2/c1-11-9-12(11)10-17-8-5-13(18)16-15(14(17)19)6-3-2-4-7-15/h11-12H,2-10H2,1H3,(H,16,18). The van der Waals surface area contributed by atoms with Gasteiger partial charge in [-0.05, 0) is 31.1 Å². The van der Waals surface area contributed by atoms with E-state index in [0.717, 1.165) is 38.1 Å². The van der Waals surface area contributed by atoms with Gasteiger partial charge in [-0.3, -0.25) is 9.59 Å². The van der Waals surface area contributed by atoms with Gasteiger partial charge in [-0.2, -0.15) is 0 Å². The molecule has 1 heterocycles. The van der Waals surface area contributed by atoms with Crippen LogP contribution in [0.1, 0.15) is 51.9 Å². The minimum absolute atomic E-state index is 0.0570. The van der Waals surface area contributed by atoms with Gasteiger partial charge in [-0.25, -0.2) is 0 Å². The summed E-state index contributed by atoms with van der Waals surface area (Å²) in [7, 11) is 0. The van der Waals surface area contributed by atoms with Crippen LogP contribution in [0.25, 0.3) is 0 Å². The molecule has 4 nitrogen and oxygen atoms in total. The number of carbonyl (C=O) groups excluding carboxylic acids is 2. The molecule has 19 heavy (non-hydrogen) atoms. The summed E-state index contributed by atoms with van der Waals surface area (Å²) in [6.45, 7) is 3.71. The SMILES string of the molecule is CC1CC1CN1CCC(=O)NC2(CCCCC2)C1=O. The summed E-state index contributed by atoms with van der Waals surface area (Å²) < 4.78 is 0. The number of carbonyl (C=O) groups is 2. The first kappa shape index (κ1) is 12.9. The largest absolute Gasteiger partial charge is 0.342 e. The van der Waals surface area contributed by atoms with Crippen LogP contribution in [0.4, 0.5) is 0 Å². The molecule has 2 aliphatic carbocycles. The molecule has 3 aliphatic rings. The number of rotatable bonds is 2. The normalized spacial score (nSPS) is 34.1. The summed E-state index contributed by atoms with van der Waals surface area (Å²) in [6, 6.07) is 0. The Morgan fingerprint density at radius 3 is 2.58 bits per heavy atom. The fraction of sp³-hybridized carbons (Fsp3) is 0.867. The first-order chi connectivity index (χ1) is 9.11. The summed E-state index contributed by atoms with van der Waals surface area (Å²) in [5.74, 6) is 1.67. The Kier molecular flexibility index (Phi) is 3.27. The average Bonchev–Trinajstić information content (AvgIpc) is 3.11. The number of hydrogen-bond donors (Lipinski definition) is 1. The zero-order chi connectivity index (χ0) is 13.5. The third-order valence-corrected chi connectivity index (χ3v) is 5.12. The molecule has 0 bridgehead atoms. The molecule has 2 saturated carbocycles. The summed E-state index contributed by atoms with van der Waals surface area (Å²) in [5.41, 5.74) is -0.566. The Hall–Kier alpha value is -1.06. The number of hydrogen-bond acceptors (Lipinski definition) is 2. The molecule has 0 aromatic rings. The van der Waals surface area contributed by atoms with Crippen molar-refractivity contribution in [3.05, 3.63) is 0 Å². The maximum Gasteiger partial charge on any atom is 0.248 e. The minimum Gasteiger partial charge on any atom is -0.342 e. The van der Waals surface area contributed by atoms with E-state index < -0.39 is 5.54 Å². The van der Waals surface area contributed by atoms with Crippen LogP contribution in [-0.2, 0) is 9.59 Å². The molecular weight excluding hydrogens is 240 g/mol. The van der Waals surface area contributed by atoms with Crippen LogP contribution >= 0.6 is 0 Å². The van der Waals surface area contributed by atoms with Crippen LogP contribution in [0.2, 0.25) is 0 Å². The first-order valence-corrected chi connectivity index (χ1v) is 7.71. The van der Waals surface area contributed by atoms with Crippen LogP contribution in [0.5, 0.6) is 0 Å². The van der Waals surface area contributed by atoms with E-state index in [0.29, 0.717) is 18.9 Å². The summed E-state index contributed by atoms with van der Waals surface area (Å²) in [4.78, 5) is 26.7. The highest BCUT2D eigenvalue weighted by molar-refractivity contribution is 5.93. The van der Waals surface area contributed by atoms with Gasteiger partial charge in [-0.1, -0.05) is 26.2 Å². The molecule has 1 aliphatic heterocycles. The van der Waals surface area contributed by atoms with Crippen LogP contribution in [0.3, 0.4) is 0 Å². The second-order valence-electron chi connectivity index (χ2n) is 6.67. The van der Waals surface area contributed by atoms with Crippen molar-refractivity contribution in [3.63, 3.8) is 0 Å². The molecule has 1 N–H and O–H groups in total. The molecule has 1 spiro atoms. The van der Waals surface area contributed by atoms with E-state index in [2.05, 4.69) is 12.2 Å². The smallest absolute Gasteiger partial charge is 0.248 e. The van der Waals surface area contributed by atoms with Crippen LogP contribution in [0.15, 0.2) is 0 Å². The Labute approximate surface area is 114 Å². The van der Waals surface area contributed by atoms with Crippen molar-refractivity contribution < 1.29 is 9.59 Å². The molecule has 2 amide bonds. The van der Waals surface area contributed by atoms with Gasteiger partial charge in [0.1, 0.15) is 5.54 Å². The predicted octanol–water partition coefficient (Wildman–Crippen LogP) is 1.69. The molecule has 1 saturated heterocycles. The summed E-state index contributed by atoms with van der Waals surface area (Å²) >= 11 is 0. The van der Waals surface area contributed by atoms with E-state index in [1.807, 2.05) is 4.90 Å². The molecule has 4 heteroatoms. The highest BCUT2D eigenvalue weighted by Gasteiger charge is 2.46. The third kappa shape index (κ3) is 2.49. The van der Waals surface area contributed by atoms with Gasteiger partial charge in [0.05, 0.1) is 0 Å². The van der Waals surface area contributed by atoms with Crippen molar-refractivity contribution in [2.45, 2.75) is 57.4 Å². The Bertz CT molecular complexity index is 388. The van der Waals surface area contributed by atoms with Crippen molar-refractivity contribution in [2.75, 3.05) is 13.1 Å². The number of amides is 2. The van der Waals surface area contributed by atoms with Gasteiger partial charge in [-0.15, -0.1) is 0 Å². The lowest BCUT2D eigenvalue weighted by atomic mass is 9.80. The van der Waals surface area contributed by atoms with Crippen molar-refractivity contribution in [2.24, 2.45) is 11.8 Å². The maximum absolute atomic E-state index is 12.8. The van der Waals surface area contributed by atoms with Crippen molar-refractivity contribution in [3.8, 4) is 0 Å². The van der Waals surface area contributed by atoms with Crippen molar-refractivity contribution >= 4 is 11.8 Å². The van der Waals surface area contributed by atoms with Gasteiger partial charge in [0, 0.05) is 19.5 Å². The van der Waals surface area contributed by atoms with E-state index in [1.165, 1.54) is 12.8 Å². The summed E-state index contributed by atoms with van der Waals surface area (Å²) in [6.07, 6.45) is 6.65. The quantitative estimate of drug-likeness (QED) is 0.825. The van der Waals surface area contributed by atoms with E-state index in [4.69, 9.17) is 0 Å². The molecule has 0 aromatic heterocycles. The molecule has 0 radical (unpaired) electrons. The van der Waals surface area contributed by atoms with E-state index in [1.54, 1.807) is 0 Å². The summed E-state index contributed by atoms with van der Waals surface area (Å²) in [5, 5.41) is 3.05. The molecular formula is C15H24N2O2. The molecule has 2 unspecified atom stereocenters. The fourth-order valence-electron chi connectivity index (χ4n) is 3.63. The van der Waals surface area contributed by atoms with Gasteiger partial charge >= 0.3 is 0 Å². The molecule has 2 atom stereocenters. The predicted molar refractivity (Wildman–Crippen MR) is 72.4 cm³/mol. The lowest BCUT2D eigenvalue weighted by Gasteiger charge is -2.38.